The molecular formula is C32H29N7O3. The Morgan fingerprint density at radius 3 is 2.62 bits per heavy atom. The lowest BCUT2D eigenvalue weighted by atomic mass is 10.0. The Labute approximate surface area is 242 Å². The van der Waals surface area contributed by atoms with Crippen LogP contribution in [0.3, 0.4) is 0 Å². The average Bonchev–Trinajstić information content (AvgIpc) is 3.51. The van der Waals surface area contributed by atoms with Gasteiger partial charge in [0.1, 0.15) is 0 Å². The van der Waals surface area contributed by atoms with Crippen LogP contribution in [0, 0.1) is 6.92 Å². The van der Waals surface area contributed by atoms with Gasteiger partial charge in [-0.15, -0.1) is 0 Å². The highest BCUT2D eigenvalue weighted by molar-refractivity contribution is 6.02. The third kappa shape index (κ3) is 5.89. The Morgan fingerprint density at radius 2 is 1.83 bits per heavy atom. The molecule has 1 fully saturated rings. The number of anilines is 3. The lowest BCUT2D eigenvalue weighted by molar-refractivity contribution is -0.111. The normalized spacial score (nSPS) is 13.4. The van der Waals surface area contributed by atoms with E-state index in [0.717, 1.165) is 22.4 Å². The second-order valence-electron chi connectivity index (χ2n) is 9.83. The van der Waals surface area contributed by atoms with Crippen LogP contribution < -0.4 is 10.6 Å². The van der Waals surface area contributed by atoms with E-state index in [2.05, 4.69) is 20.6 Å². The number of nitrogens with zero attached hydrogens (tertiary/aromatic N) is 5. The van der Waals surface area contributed by atoms with Crippen LogP contribution in [0.4, 0.5) is 17.2 Å². The molecule has 0 atom stereocenters. The summed E-state index contributed by atoms with van der Waals surface area (Å²) in [6.45, 7) is 4.27. The number of ether oxygens (including phenoxy) is 1. The van der Waals surface area contributed by atoms with E-state index in [1.54, 1.807) is 29.6 Å². The van der Waals surface area contributed by atoms with Crippen LogP contribution >= 0.6 is 0 Å². The predicted octanol–water partition coefficient (Wildman–Crippen LogP) is 4.97. The summed E-state index contributed by atoms with van der Waals surface area (Å²) in [4.78, 5) is 40.7. The van der Waals surface area contributed by atoms with E-state index in [1.165, 1.54) is 6.08 Å². The molecule has 0 saturated carbocycles. The maximum Gasteiger partial charge on any atom is 0.254 e. The van der Waals surface area contributed by atoms with Gasteiger partial charge in [0.15, 0.2) is 11.5 Å². The molecule has 1 aliphatic heterocycles. The van der Waals surface area contributed by atoms with Gasteiger partial charge >= 0.3 is 0 Å². The van der Waals surface area contributed by atoms with Crippen LogP contribution in [-0.2, 0) is 9.53 Å². The number of nitrogens with one attached hydrogen (secondary N) is 2. The summed E-state index contributed by atoms with van der Waals surface area (Å²) in [7, 11) is 0. The molecule has 2 N–H and O–H groups in total. The minimum Gasteiger partial charge on any atom is -0.378 e. The highest BCUT2D eigenvalue weighted by atomic mass is 16.5. The second-order valence-corrected chi connectivity index (χ2v) is 9.83. The number of hydrogen-bond donors (Lipinski definition) is 2. The van der Waals surface area contributed by atoms with Gasteiger partial charge in [-0.2, -0.15) is 0 Å². The monoisotopic (exact) mass is 559 g/mol. The summed E-state index contributed by atoms with van der Waals surface area (Å²) < 4.78 is 7.26. The SMILES string of the molecule is Cc1c(NC(=O)/C=C\c2cccnc2)cccc1-c1cn2ccnc2c(Nc2ccc(C(=O)N3CCOCC3)cc2)n1. The van der Waals surface area contributed by atoms with Crippen molar-refractivity contribution in [2.24, 2.45) is 0 Å². The van der Waals surface area contributed by atoms with E-state index in [1.807, 2.05) is 78.3 Å². The number of carbonyl (C=O) groups excluding carboxylic acids is 2. The number of fused-ring (bicyclic) bond motifs is 1. The highest BCUT2D eigenvalue weighted by Crippen LogP contribution is 2.30. The molecule has 210 valence electrons. The third-order valence-electron chi connectivity index (χ3n) is 7.05. The first-order chi connectivity index (χ1) is 20.5. The Kier molecular flexibility index (Phi) is 7.69. The number of pyridine rings is 1. The molecule has 0 radical (unpaired) electrons. The molecule has 10 nitrogen and oxygen atoms in total. The second kappa shape index (κ2) is 12.0. The zero-order valence-corrected chi connectivity index (χ0v) is 23.0. The molecule has 10 heteroatoms. The number of rotatable bonds is 7. The van der Waals surface area contributed by atoms with Crippen molar-refractivity contribution in [2.45, 2.75) is 6.92 Å². The lowest BCUT2D eigenvalue weighted by Gasteiger charge is -2.26. The Balaban J connectivity index is 1.23. The van der Waals surface area contributed by atoms with E-state index >= 15 is 0 Å². The van der Waals surface area contributed by atoms with Gasteiger partial charge in [0.25, 0.3) is 5.91 Å². The molecular weight excluding hydrogens is 530 g/mol. The van der Waals surface area contributed by atoms with Gasteiger partial charge in [0.2, 0.25) is 5.91 Å². The largest absolute Gasteiger partial charge is 0.378 e. The molecule has 2 aromatic carbocycles. The van der Waals surface area contributed by atoms with E-state index in [4.69, 9.17) is 9.72 Å². The van der Waals surface area contributed by atoms with Crippen molar-refractivity contribution in [3.63, 3.8) is 0 Å². The van der Waals surface area contributed by atoms with Crippen LogP contribution in [-0.4, -0.2) is 62.4 Å². The van der Waals surface area contributed by atoms with Gasteiger partial charge in [-0.05, 0) is 60.5 Å². The number of morpholine rings is 1. The van der Waals surface area contributed by atoms with Gasteiger partial charge in [-0.3, -0.25) is 14.6 Å². The number of amides is 2. The molecule has 0 spiro atoms. The summed E-state index contributed by atoms with van der Waals surface area (Å²) in [5.41, 5.74) is 6.06. The molecule has 0 unspecified atom stereocenters. The van der Waals surface area contributed by atoms with Crippen molar-refractivity contribution in [3.8, 4) is 11.3 Å². The Bertz CT molecular complexity index is 1760. The molecule has 2 amide bonds. The Hall–Kier alpha value is -5.35. The number of imidazole rings is 1. The lowest BCUT2D eigenvalue weighted by Crippen LogP contribution is -2.40. The van der Waals surface area contributed by atoms with Crippen LogP contribution in [0.25, 0.3) is 23.0 Å². The van der Waals surface area contributed by atoms with E-state index in [9.17, 15) is 9.59 Å². The summed E-state index contributed by atoms with van der Waals surface area (Å²) in [5, 5.41) is 6.33. The van der Waals surface area contributed by atoms with Crippen molar-refractivity contribution >= 4 is 40.7 Å². The van der Waals surface area contributed by atoms with E-state index in [0.29, 0.717) is 54.7 Å². The van der Waals surface area contributed by atoms with Gasteiger partial charge in [-0.1, -0.05) is 18.2 Å². The van der Waals surface area contributed by atoms with Crippen molar-refractivity contribution in [3.05, 3.63) is 108 Å². The first-order valence-electron chi connectivity index (χ1n) is 13.6. The fourth-order valence-electron chi connectivity index (χ4n) is 4.80. The van der Waals surface area contributed by atoms with Crippen molar-refractivity contribution in [1.29, 1.82) is 0 Å². The number of hydrogen-bond acceptors (Lipinski definition) is 7. The molecule has 1 aliphatic rings. The first kappa shape index (κ1) is 26.9. The minimum absolute atomic E-state index is 0.00404. The van der Waals surface area contributed by atoms with E-state index < -0.39 is 0 Å². The summed E-state index contributed by atoms with van der Waals surface area (Å²) in [6, 6.07) is 16.8. The van der Waals surface area contributed by atoms with Crippen LogP contribution in [0.2, 0.25) is 0 Å². The molecule has 3 aromatic heterocycles. The molecule has 5 aromatic rings. The maximum absolute atomic E-state index is 12.8. The molecule has 1 saturated heterocycles. The molecule has 0 bridgehead atoms. The van der Waals surface area contributed by atoms with Crippen molar-refractivity contribution in [1.82, 2.24) is 24.3 Å². The van der Waals surface area contributed by atoms with Gasteiger partial charge in [0, 0.05) is 72.7 Å². The van der Waals surface area contributed by atoms with E-state index in [-0.39, 0.29) is 11.8 Å². The van der Waals surface area contributed by atoms with Gasteiger partial charge < -0.3 is 24.7 Å². The van der Waals surface area contributed by atoms with Crippen LogP contribution in [0.1, 0.15) is 21.5 Å². The molecule has 42 heavy (non-hydrogen) atoms. The third-order valence-corrected chi connectivity index (χ3v) is 7.05. The van der Waals surface area contributed by atoms with Crippen LogP contribution in [0.15, 0.2) is 91.7 Å². The summed E-state index contributed by atoms with van der Waals surface area (Å²) >= 11 is 0. The zero-order valence-electron chi connectivity index (χ0n) is 23.0. The highest BCUT2D eigenvalue weighted by Gasteiger charge is 2.19. The van der Waals surface area contributed by atoms with Crippen LogP contribution in [0.5, 0.6) is 0 Å². The Morgan fingerprint density at radius 1 is 1.00 bits per heavy atom. The van der Waals surface area contributed by atoms with Crippen molar-refractivity contribution in [2.75, 3.05) is 36.9 Å². The number of aromatic nitrogens is 4. The summed E-state index contributed by atoms with van der Waals surface area (Å²) in [5.74, 6) is 0.323. The number of benzene rings is 2. The molecule has 0 aliphatic carbocycles. The van der Waals surface area contributed by atoms with Gasteiger partial charge in [0.05, 0.1) is 18.9 Å². The van der Waals surface area contributed by atoms with Crippen molar-refractivity contribution < 1.29 is 14.3 Å². The standard InChI is InChI=1S/C32H29N7O3/c1-22-26(5-2-6-27(22)36-29(40)12-7-23-4-3-13-33-20-23)28-21-39-15-14-34-31(39)30(37-28)35-25-10-8-24(9-11-25)32(41)38-16-18-42-19-17-38/h2-15,20-21H,16-19H2,1H3,(H,35,37)(H,36,40)/b12-7-. The molecule has 6 rings (SSSR count). The fraction of sp³-hybridized carbons (Fsp3) is 0.156. The first-order valence-corrected chi connectivity index (χ1v) is 13.6. The topological polar surface area (TPSA) is 114 Å². The minimum atomic E-state index is -0.241. The smallest absolute Gasteiger partial charge is 0.254 e. The quantitative estimate of drug-likeness (QED) is 0.271. The predicted molar refractivity (Wildman–Crippen MR) is 162 cm³/mol. The average molecular weight is 560 g/mol. The molecule has 4 heterocycles. The van der Waals surface area contributed by atoms with Gasteiger partial charge in [-0.25, -0.2) is 9.97 Å². The zero-order chi connectivity index (χ0) is 28.9. The summed E-state index contributed by atoms with van der Waals surface area (Å²) in [6.07, 6.45) is 12.1. The fourth-order valence-corrected chi connectivity index (χ4v) is 4.80. The maximum atomic E-state index is 12.8. The number of carbonyl (C=O) groups is 2.